The van der Waals surface area contributed by atoms with Crippen LogP contribution in [0.15, 0.2) is 170 Å². The van der Waals surface area contributed by atoms with E-state index in [2.05, 4.69) is 51.6 Å². The maximum absolute atomic E-state index is 12.9. The van der Waals surface area contributed by atoms with E-state index in [1.807, 2.05) is 132 Å². The molecule has 19 nitrogen and oxygen atoms in total. The van der Waals surface area contributed by atoms with Gasteiger partial charge in [-0.05, 0) is 191 Å². The van der Waals surface area contributed by atoms with E-state index in [1.165, 1.54) is 26.5 Å². The lowest BCUT2D eigenvalue weighted by Gasteiger charge is -2.45. The van der Waals surface area contributed by atoms with Crippen LogP contribution in [0.4, 0.5) is 22.7 Å². The van der Waals surface area contributed by atoms with Crippen LogP contribution in [0, 0.1) is 0 Å². The molecule has 1 amide bonds. The number of piperazine rings is 4. The number of carbonyl (C=O) groups excluding carboxylic acids is 3. The Balaban J connectivity index is 0.000000160. The van der Waals surface area contributed by atoms with Crippen molar-refractivity contribution < 1.29 is 49.1 Å². The number of carboxylic acids is 1. The minimum Gasteiger partial charge on any atom is -0.479 e. The molecule has 6 heterocycles. The Labute approximate surface area is 744 Å². The van der Waals surface area contributed by atoms with E-state index in [0.29, 0.717) is 121 Å². The molecule has 6 aliphatic rings. The van der Waals surface area contributed by atoms with Gasteiger partial charge in [0.05, 0.1) is 80.7 Å². The van der Waals surface area contributed by atoms with Crippen LogP contribution in [-0.4, -0.2) is 211 Å². The molecule has 6 saturated heterocycles. The summed E-state index contributed by atoms with van der Waals surface area (Å²) in [5, 5.41) is 51.9. The van der Waals surface area contributed by atoms with Gasteiger partial charge in [-0.25, -0.2) is 9.59 Å². The van der Waals surface area contributed by atoms with Crippen molar-refractivity contribution in [2.45, 2.75) is 94.0 Å². The number of aliphatic carboxylic acids is 1. The second kappa shape index (κ2) is 41.9. The van der Waals surface area contributed by atoms with Gasteiger partial charge in [0, 0.05) is 151 Å². The van der Waals surface area contributed by atoms with E-state index in [-0.39, 0.29) is 61.5 Å². The van der Waals surface area contributed by atoms with E-state index < -0.39 is 28.4 Å². The van der Waals surface area contributed by atoms with Crippen molar-refractivity contribution in [1.82, 2.24) is 24.9 Å². The Morgan fingerprint density at radius 1 is 0.427 bits per heavy atom. The van der Waals surface area contributed by atoms with Gasteiger partial charge in [0.1, 0.15) is 5.60 Å². The molecule has 0 bridgehead atoms. The Bertz CT molecular complexity index is 4560. The number of methoxy groups -OCH3 is 1. The van der Waals surface area contributed by atoms with E-state index in [1.54, 1.807) is 56.0 Å². The highest BCUT2D eigenvalue weighted by Gasteiger charge is 2.49. The van der Waals surface area contributed by atoms with Crippen LogP contribution in [0.25, 0.3) is 0 Å². The number of Topliss-reactive ketones (excluding diaryl/α,β-unsaturated/α-hetero) is 1. The SMILES string of the molecule is CC(=O)C(C)(O)CN1CCN(c2ccc(Cl)cc2Cl)[C@H](c2ccc(Cl)cc2)C1.CC(O)(CN1CCN(c2ccc(Cl)cc2Cl)[C@H](c2ccc(Cl)cc2)C1)C(=O)N1CCCC1.CC(O)(CN1CCN(c2ccc(Cl)cc2Cl)[C@H](c2ccc(Cl)cc2)C1)C(=O)O.COC(=O)C1(C)CO1.Clc1ccc([C@@H]2CNCCN2c2ccc(Cl)cc2Cl)cc1. The minimum absolute atomic E-state index is 0.00699. The summed E-state index contributed by atoms with van der Waals surface area (Å²) in [5.41, 5.74) is 2.91. The molecular formula is C86H95Cl12N9O10. The highest BCUT2D eigenvalue weighted by atomic mass is 35.5. The molecule has 0 aromatic heterocycles. The summed E-state index contributed by atoms with van der Waals surface area (Å²) in [6.07, 6.45) is 2.00. The number of halogens is 12. The number of ether oxygens (including phenoxy) is 2. The maximum Gasteiger partial charge on any atom is 0.340 e. The zero-order valence-electron chi connectivity index (χ0n) is 65.5. The minimum atomic E-state index is -1.81. The molecule has 0 saturated carbocycles. The highest BCUT2D eigenvalue weighted by molar-refractivity contribution is 6.38. The predicted molar refractivity (Wildman–Crippen MR) is 477 cm³/mol. The van der Waals surface area contributed by atoms with Gasteiger partial charge in [0.15, 0.2) is 22.6 Å². The molecule has 8 atom stereocenters. The van der Waals surface area contributed by atoms with Gasteiger partial charge in [0.25, 0.3) is 5.91 Å². The van der Waals surface area contributed by atoms with Crippen LogP contribution in [0.1, 0.15) is 93.9 Å². The van der Waals surface area contributed by atoms with Gasteiger partial charge in [-0.2, -0.15) is 0 Å². The monoisotopic (exact) mass is 1830 g/mol. The van der Waals surface area contributed by atoms with Crippen LogP contribution >= 0.6 is 139 Å². The number of anilines is 4. The first-order valence-electron chi connectivity index (χ1n) is 38.1. The summed E-state index contributed by atoms with van der Waals surface area (Å²) in [6, 6.07) is 53.2. The number of carboxylic acid groups (broad SMARTS) is 1. The Morgan fingerprint density at radius 2 is 0.718 bits per heavy atom. The summed E-state index contributed by atoms with van der Waals surface area (Å²) in [7, 11) is 1.36. The van der Waals surface area contributed by atoms with Gasteiger partial charge < -0.3 is 59.7 Å². The van der Waals surface area contributed by atoms with Crippen LogP contribution in [-0.2, 0) is 28.7 Å². The van der Waals surface area contributed by atoms with Gasteiger partial charge in [-0.3, -0.25) is 24.3 Å². The molecule has 5 N–H and O–H groups in total. The van der Waals surface area contributed by atoms with Gasteiger partial charge in [-0.1, -0.05) is 188 Å². The molecule has 0 radical (unpaired) electrons. The average molecular weight is 1840 g/mol. The van der Waals surface area contributed by atoms with Gasteiger partial charge >= 0.3 is 11.9 Å². The normalized spacial score (nSPS) is 21.2. The first kappa shape index (κ1) is 93.5. The number of β-amino-alcohol motifs (C(OH)–C–C–N with tert-alkyl or cyclic N) is 3. The van der Waals surface area contributed by atoms with Crippen LogP contribution < -0.4 is 24.9 Å². The lowest BCUT2D eigenvalue weighted by atomic mass is 9.97. The number of amides is 1. The lowest BCUT2D eigenvalue weighted by Crippen LogP contribution is -2.57. The first-order valence-corrected chi connectivity index (χ1v) is 42.7. The van der Waals surface area contributed by atoms with E-state index in [9.17, 15) is 39.6 Å². The number of likely N-dealkylation sites (tertiary alicyclic amines) is 1. The molecule has 0 aliphatic carbocycles. The van der Waals surface area contributed by atoms with Crippen molar-refractivity contribution in [3.63, 3.8) is 0 Å². The molecule has 6 aliphatic heterocycles. The number of hydrogen-bond acceptors (Lipinski definition) is 17. The molecular weight excluding hydrogens is 1740 g/mol. The molecule has 8 aromatic rings. The van der Waals surface area contributed by atoms with Crippen molar-refractivity contribution >= 4 is 186 Å². The summed E-state index contributed by atoms with van der Waals surface area (Å²) in [4.78, 5) is 63.5. The van der Waals surface area contributed by atoms with Crippen LogP contribution in [0.3, 0.4) is 0 Å². The predicted octanol–water partition coefficient (Wildman–Crippen LogP) is 18.8. The molecule has 31 heteroatoms. The third-order valence-corrected chi connectivity index (χ3v) is 24.6. The zero-order valence-corrected chi connectivity index (χ0v) is 74.5. The Morgan fingerprint density at radius 3 is 1.00 bits per heavy atom. The molecule has 117 heavy (non-hydrogen) atoms. The van der Waals surface area contributed by atoms with Crippen molar-refractivity contribution in [2.75, 3.05) is 145 Å². The van der Waals surface area contributed by atoms with Gasteiger partial charge in [0.2, 0.25) is 0 Å². The number of benzene rings is 8. The fourth-order valence-electron chi connectivity index (χ4n) is 14.8. The third kappa shape index (κ3) is 25.4. The smallest absolute Gasteiger partial charge is 0.340 e. The fraction of sp³-hybridized carbons (Fsp3) is 0.395. The Kier molecular flexibility index (Phi) is 33.4. The number of esters is 1. The summed E-state index contributed by atoms with van der Waals surface area (Å²) < 4.78 is 9.19. The molecule has 4 unspecified atom stereocenters. The number of aliphatic hydroxyl groups is 3. The average Bonchev–Trinajstić information content (AvgIpc) is 1.60. The van der Waals surface area contributed by atoms with Crippen molar-refractivity contribution in [3.8, 4) is 0 Å². The molecule has 14 rings (SSSR count). The second-order valence-corrected chi connectivity index (χ2v) is 35.6. The molecule has 628 valence electrons. The quantitative estimate of drug-likeness (QED) is 0.0400. The number of rotatable bonds is 18. The standard InChI is InChI=1S/C24H28Cl3N3O2.C21H23Cl3N2O2.C20H21Cl3N2O3.C16H15Cl3N2.C5H8O3/c1-24(32,23(31)29-10-2-3-11-29)16-28-12-13-30(21-9-8-19(26)14-20(21)27)22(15-28)17-4-6-18(25)7-5-17;1-14(27)21(2,28)13-25-9-10-26(19-8-7-17(23)11-18(19)24)20(12-25)15-3-5-16(22)6-4-15;1-20(28,19(26)27)12-24-8-9-25(17-7-6-15(22)10-16(17)23)18(11-24)13-2-4-14(21)5-3-13;17-12-3-1-11(2-4-12)16-10-20-7-8-21(16)15-6-5-13(18)9-14(15)19;1-5(3-8-5)4(6)7-2/h4-9,14,22,32H,2-3,10-13,15-16H2,1H3;3-8,11,20,28H,9-10,12-13H2,1-2H3;2-7,10,18,28H,8-9,11-12H2,1H3,(H,26,27);1-6,9,16,20H,7-8,10H2;3H2,1-2H3/t22-,24?;20-,21?;18-,20?;16-;/m0000./s1. The number of ketones is 1. The van der Waals surface area contributed by atoms with Crippen LogP contribution in [0.2, 0.25) is 60.3 Å². The first-order chi connectivity index (χ1) is 55.4. The molecule has 0 spiro atoms. The summed E-state index contributed by atoms with van der Waals surface area (Å²) in [6.45, 7) is 18.7. The van der Waals surface area contributed by atoms with Crippen molar-refractivity contribution in [3.05, 3.63) is 252 Å². The topological polar surface area (TPSA) is 209 Å². The number of carbonyl (C=O) groups is 4. The lowest BCUT2D eigenvalue weighted by molar-refractivity contribution is -0.158. The van der Waals surface area contributed by atoms with Crippen molar-refractivity contribution in [2.24, 2.45) is 0 Å². The maximum atomic E-state index is 12.9. The number of nitrogens with zero attached hydrogens (tertiary/aromatic N) is 8. The number of nitrogens with one attached hydrogen (secondary N) is 1. The molecule has 8 aromatic carbocycles. The summed E-state index contributed by atoms with van der Waals surface area (Å²) in [5.74, 6) is -1.93. The molecule has 6 fully saturated rings. The zero-order chi connectivity index (χ0) is 84.8. The van der Waals surface area contributed by atoms with E-state index in [4.69, 9.17) is 144 Å². The number of epoxide rings is 1. The largest absolute Gasteiger partial charge is 0.479 e. The fourth-order valence-corrected chi connectivity index (χ4v) is 17.4. The Hall–Kier alpha value is -5.80. The third-order valence-electron chi connectivity index (χ3n) is 21.4. The highest BCUT2D eigenvalue weighted by Crippen LogP contribution is 2.43. The second-order valence-electron chi connectivity index (χ2n) is 30.5. The van der Waals surface area contributed by atoms with E-state index >= 15 is 0 Å². The van der Waals surface area contributed by atoms with E-state index in [0.717, 1.165) is 90.0 Å². The van der Waals surface area contributed by atoms with Crippen LogP contribution in [0.5, 0.6) is 0 Å². The summed E-state index contributed by atoms with van der Waals surface area (Å²) >= 11 is 74.3. The number of hydrogen-bond donors (Lipinski definition) is 5. The van der Waals surface area contributed by atoms with Gasteiger partial charge in [-0.15, -0.1) is 0 Å². The van der Waals surface area contributed by atoms with Crippen molar-refractivity contribution in [1.29, 1.82) is 0 Å².